The molecular formula is C17H27NO. The molecule has 1 aromatic rings. The van der Waals surface area contributed by atoms with E-state index in [0.717, 1.165) is 19.8 Å². The summed E-state index contributed by atoms with van der Waals surface area (Å²) in [6.45, 7) is 6.72. The lowest BCUT2D eigenvalue weighted by atomic mass is 9.80. The molecule has 19 heavy (non-hydrogen) atoms. The predicted molar refractivity (Wildman–Crippen MR) is 80.1 cm³/mol. The Morgan fingerprint density at radius 3 is 2.53 bits per heavy atom. The molecule has 0 amide bonds. The summed E-state index contributed by atoms with van der Waals surface area (Å²) in [5, 5.41) is 0. The van der Waals surface area contributed by atoms with Crippen molar-refractivity contribution in [1.82, 2.24) is 0 Å². The molecule has 1 aromatic carbocycles. The third kappa shape index (κ3) is 4.05. The first-order valence-electron chi connectivity index (χ1n) is 7.54. The fraction of sp³-hybridized carbons (Fsp3) is 0.647. The predicted octanol–water partition coefficient (Wildman–Crippen LogP) is 3.59. The highest BCUT2D eigenvalue weighted by Crippen LogP contribution is 2.29. The Bertz CT molecular complexity index is 402. The second-order valence-corrected chi connectivity index (χ2v) is 5.97. The second kappa shape index (κ2) is 7.06. The van der Waals surface area contributed by atoms with Gasteiger partial charge in [0.1, 0.15) is 0 Å². The van der Waals surface area contributed by atoms with Crippen LogP contribution in [0.15, 0.2) is 18.2 Å². The molecule has 0 bridgehead atoms. The zero-order valence-corrected chi connectivity index (χ0v) is 12.3. The first-order chi connectivity index (χ1) is 9.20. The molecule has 0 aromatic heterocycles. The van der Waals surface area contributed by atoms with Gasteiger partial charge in [-0.1, -0.05) is 31.0 Å². The van der Waals surface area contributed by atoms with Gasteiger partial charge in [0.2, 0.25) is 0 Å². The minimum absolute atomic E-state index is 0.672. The molecule has 2 nitrogen and oxygen atoms in total. The standard InChI is InChI=1S/C17H27NO/c1-13-7-8-15(9-14(13)2)11-19-12-17-6-4-3-5-16(17)10-18/h7-9,16-17H,3-6,10-12,18H2,1-2H3. The molecule has 2 atom stereocenters. The summed E-state index contributed by atoms with van der Waals surface area (Å²) in [7, 11) is 0. The highest BCUT2D eigenvalue weighted by Gasteiger charge is 2.23. The lowest BCUT2D eigenvalue weighted by Gasteiger charge is -2.30. The fourth-order valence-corrected chi connectivity index (χ4v) is 3.04. The van der Waals surface area contributed by atoms with Gasteiger partial charge in [-0.05, 0) is 61.8 Å². The summed E-state index contributed by atoms with van der Waals surface area (Å²) in [6, 6.07) is 6.58. The van der Waals surface area contributed by atoms with E-state index in [9.17, 15) is 0 Å². The molecule has 0 aliphatic heterocycles. The van der Waals surface area contributed by atoms with Gasteiger partial charge in [0.05, 0.1) is 13.2 Å². The smallest absolute Gasteiger partial charge is 0.0717 e. The largest absolute Gasteiger partial charge is 0.376 e. The van der Waals surface area contributed by atoms with Gasteiger partial charge in [-0.3, -0.25) is 0 Å². The van der Waals surface area contributed by atoms with Crippen LogP contribution in [0, 0.1) is 25.7 Å². The number of ether oxygens (including phenoxy) is 1. The quantitative estimate of drug-likeness (QED) is 0.879. The van der Waals surface area contributed by atoms with Crippen molar-refractivity contribution in [3.05, 3.63) is 34.9 Å². The molecule has 0 radical (unpaired) electrons. The Morgan fingerprint density at radius 1 is 1.11 bits per heavy atom. The number of hydrogen-bond acceptors (Lipinski definition) is 2. The summed E-state index contributed by atoms with van der Waals surface area (Å²) in [6.07, 6.45) is 5.26. The Morgan fingerprint density at radius 2 is 1.84 bits per heavy atom. The zero-order chi connectivity index (χ0) is 13.7. The van der Waals surface area contributed by atoms with Crippen molar-refractivity contribution in [2.24, 2.45) is 17.6 Å². The number of aryl methyl sites for hydroxylation is 2. The van der Waals surface area contributed by atoms with Gasteiger partial charge in [-0.15, -0.1) is 0 Å². The number of rotatable bonds is 5. The summed E-state index contributed by atoms with van der Waals surface area (Å²) < 4.78 is 5.93. The van der Waals surface area contributed by atoms with Crippen LogP contribution in [-0.2, 0) is 11.3 Å². The lowest BCUT2D eigenvalue weighted by molar-refractivity contribution is 0.0512. The van der Waals surface area contributed by atoms with Crippen molar-refractivity contribution in [1.29, 1.82) is 0 Å². The van der Waals surface area contributed by atoms with Gasteiger partial charge in [0, 0.05) is 0 Å². The molecule has 0 saturated heterocycles. The van der Waals surface area contributed by atoms with Crippen molar-refractivity contribution >= 4 is 0 Å². The molecule has 0 heterocycles. The Labute approximate surface area is 117 Å². The van der Waals surface area contributed by atoms with Crippen LogP contribution < -0.4 is 5.73 Å². The summed E-state index contributed by atoms with van der Waals surface area (Å²) in [5.74, 6) is 1.35. The van der Waals surface area contributed by atoms with Crippen LogP contribution in [0.4, 0.5) is 0 Å². The van der Waals surface area contributed by atoms with Crippen LogP contribution in [0.2, 0.25) is 0 Å². The van der Waals surface area contributed by atoms with E-state index in [0.29, 0.717) is 11.8 Å². The topological polar surface area (TPSA) is 35.2 Å². The monoisotopic (exact) mass is 261 g/mol. The van der Waals surface area contributed by atoms with Crippen LogP contribution >= 0.6 is 0 Å². The van der Waals surface area contributed by atoms with Gasteiger partial charge >= 0.3 is 0 Å². The molecular weight excluding hydrogens is 234 g/mol. The van der Waals surface area contributed by atoms with E-state index in [2.05, 4.69) is 32.0 Å². The van der Waals surface area contributed by atoms with Crippen molar-refractivity contribution < 1.29 is 4.74 Å². The molecule has 2 unspecified atom stereocenters. The maximum Gasteiger partial charge on any atom is 0.0717 e. The van der Waals surface area contributed by atoms with Crippen molar-refractivity contribution in [3.8, 4) is 0 Å². The molecule has 2 N–H and O–H groups in total. The van der Waals surface area contributed by atoms with Crippen molar-refractivity contribution in [2.45, 2.75) is 46.1 Å². The lowest BCUT2D eigenvalue weighted by Crippen LogP contribution is -2.29. The molecule has 2 rings (SSSR count). The van der Waals surface area contributed by atoms with E-state index in [1.165, 1.54) is 42.4 Å². The Balaban J connectivity index is 1.80. The van der Waals surface area contributed by atoms with Crippen LogP contribution in [0.5, 0.6) is 0 Å². The number of nitrogens with two attached hydrogens (primary N) is 1. The van der Waals surface area contributed by atoms with Crippen LogP contribution in [-0.4, -0.2) is 13.2 Å². The molecule has 0 spiro atoms. The third-order valence-corrected chi connectivity index (χ3v) is 4.54. The van der Waals surface area contributed by atoms with Crippen molar-refractivity contribution in [3.63, 3.8) is 0 Å². The van der Waals surface area contributed by atoms with Crippen LogP contribution in [0.3, 0.4) is 0 Å². The molecule has 1 aliphatic carbocycles. The number of hydrogen-bond donors (Lipinski definition) is 1. The SMILES string of the molecule is Cc1ccc(COCC2CCCCC2CN)cc1C. The van der Waals surface area contributed by atoms with Crippen LogP contribution in [0.25, 0.3) is 0 Å². The Hall–Kier alpha value is -0.860. The molecule has 1 fully saturated rings. The third-order valence-electron chi connectivity index (χ3n) is 4.54. The summed E-state index contributed by atoms with van der Waals surface area (Å²) in [4.78, 5) is 0. The zero-order valence-electron chi connectivity index (χ0n) is 12.3. The summed E-state index contributed by atoms with van der Waals surface area (Å²) in [5.41, 5.74) is 9.83. The average Bonchev–Trinajstić information content (AvgIpc) is 2.43. The highest BCUT2D eigenvalue weighted by atomic mass is 16.5. The van der Waals surface area contributed by atoms with E-state index in [1.54, 1.807) is 0 Å². The van der Waals surface area contributed by atoms with Gasteiger partial charge < -0.3 is 10.5 Å². The van der Waals surface area contributed by atoms with E-state index >= 15 is 0 Å². The van der Waals surface area contributed by atoms with Crippen LogP contribution in [0.1, 0.15) is 42.4 Å². The van der Waals surface area contributed by atoms with Gasteiger partial charge in [-0.2, -0.15) is 0 Å². The first-order valence-corrected chi connectivity index (χ1v) is 7.54. The summed E-state index contributed by atoms with van der Waals surface area (Å²) >= 11 is 0. The minimum Gasteiger partial charge on any atom is -0.376 e. The van der Waals surface area contributed by atoms with E-state index in [-0.39, 0.29) is 0 Å². The minimum atomic E-state index is 0.672. The number of benzene rings is 1. The van der Waals surface area contributed by atoms with Crippen molar-refractivity contribution in [2.75, 3.05) is 13.2 Å². The molecule has 1 saturated carbocycles. The maximum atomic E-state index is 5.93. The molecule has 1 aliphatic rings. The normalized spacial score (nSPS) is 23.5. The fourth-order valence-electron chi connectivity index (χ4n) is 3.04. The first kappa shape index (κ1) is 14.5. The van der Waals surface area contributed by atoms with E-state index < -0.39 is 0 Å². The second-order valence-electron chi connectivity index (χ2n) is 5.97. The molecule has 106 valence electrons. The van der Waals surface area contributed by atoms with E-state index in [1.807, 2.05) is 0 Å². The van der Waals surface area contributed by atoms with Gasteiger partial charge in [-0.25, -0.2) is 0 Å². The van der Waals surface area contributed by atoms with Gasteiger partial charge in [0.15, 0.2) is 0 Å². The van der Waals surface area contributed by atoms with Gasteiger partial charge in [0.25, 0.3) is 0 Å². The Kier molecular flexibility index (Phi) is 5.41. The van der Waals surface area contributed by atoms with E-state index in [4.69, 9.17) is 10.5 Å². The highest BCUT2D eigenvalue weighted by molar-refractivity contribution is 5.29. The average molecular weight is 261 g/mol. The molecule has 2 heteroatoms. The maximum absolute atomic E-state index is 5.93.